The average Bonchev–Trinajstić information content (AvgIpc) is 2.64. The Morgan fingerprint density at radius 1 is 0.920 bits per heavy atom. The van der Waals surface area contributed by atoms with Gasteiger partial charge in [0.15, 0.2) is 0 Å². The first-order valence-corrected chi connectivity index (χ1v) is 8.49. The summed E-state index contributed by atoms with van der Waals surface area (Å²) in [6.45, 7) is 8.09. The van der Waals surface area contributed by atoms with Crippen molar-refractivity contribution in [3.8, 4) is 23.0 Å². The molecular formula is C20H26O4S. The molecule has 0 spiro atoms. The van der Waals surface area contributed by atoms with Gasteiger partial charge in [-0.15, -0.1) is 6.58 Å². The van der Waals surface area contributed by atoms with E-state index in [1.165, 1.54) is 0 Å². The highest BCUT2D eigenvalue weighted by Crippen LogP contribution is 2.51. The lowest BCUT2D eigenvalue weighted by Gasteiger charge is -2.30. The molecule has 4 nitrogen and oxygen atoms in total. The van der Waals surface area contributed by atoms with E-state index in [2.05, 4.69) is 20.4 Å². The van der Waals surface area contributed by atoms with Crippen LogP contribution in [0.1, 0.15) is 24.7 Å². The van der Waals surface area contributed by atoms with Gasteiger partial charge >= 0.3 is 0 Å². The van der Waals surface area contributed by atoms with Crippen molar-refractivity contribution >= 4 is 23.4 Å². The molecule has 0 saturated heterocycles. The minimum Gasteiger partial charge on any atom is -0.496 e. The van der Waals surface area contributed by atoms with E-state index < -0.39 is 0 Å². The summed E-state index contributed by atoms with van der Waals surface area (Å²) in [5.41, 5.74) is 0.660. The van der Waals surface area contributed by atoms with Crippen LogP contribution in [0.15, 0.2) is 30.9 Å². The number of hydrogen-bond donors (Lipinski definition) is 1. The molecule has 0 saturated carbocycles. The highest BCUT2D eigenvalue weighted by molar-refractivity contribution is 7.80. The summed E-state index contributed by atoms with van der Waals surface area (Å²) in [5.74, 6) is 2.75. The summed E-state index contributed by atoms with van der Waals surface area (Å²) in [4.78, 5) is 0. The van der Waals surface area contributed by atoms with Crippen LogP contribution in [0, 0.1) is 5.41 Å². The van der Waals surface area contributed by atoms with Crippen LogP contribution in [-0.2, 0) is 0 Å². The van der Waals surface area contributed by atoms with Crippen molar-refractivity contribution in [2.24, 2.45) is 5.41 Å². The van der Waals surface area contributed by atoms with E-state index in [0.29, 0.717) is 23.0 Å². The fraction of sp³-hybridized carbons (Fsp3) is 0.400. The maximum absolute atomic E-state index is 5.79. The number of fused-ring (bicyclic) bond motifs is 1. The van der Waals surface area contributed by atoms with E-state index in [1.54, 1.807) is 28.4 Å². The Labute approximate surface area is 155 Å². The highest BCUT2D eigenvalue weighted by atomic mass is 32.1. The van der Waals surface area contributed by atoms with Gasteiger partial charge in [0, 0.05) is 10.8 Å². The lowest BCUT2D eigenvalue weighted by atomic mass is 9.84. The number of methoxy groups -OCH3 is 4. The maximum Gasteiger partial charge on any atom is 0.135 e. The molecule has 2 rings (SSSR count). The highest BCUT2D eigenvalue weighted by Gasteiger charge is 2.30. The van der Waals surface area contributed by atoms with Crippen LogP contribution in [0.5, 0.6) is 23.0 Å². The molecule has 0 aromatic heterocycles. The molecular weight excluding hydrogens is 336 g/mol. The third-order valence-electron chi connectivity index (χ3n) is 4.54. The normalized spacial score (nSPS) is 12.6. The van der Waals surface area contributed by atoms with Crippen LogP contribution in [-0.4, -0.2) is 28.4 Å². The zero-order chi connectivity index (χ0) is 18.8. The van der Waals surface area contributed by atoms with Crippen molar-refractivity contribution in [2.75, 3.05) is 28.4 Å². The number of ether oxygens (including phenoxy) is 4. The Morgan fingerprint density at radius 3 is 1.88 bits per heavy atom. The second kappa shape index (κ2) is 7.48. The topological polar surface area (TPSA) is 36.9 Å². The van der Waals surface area contributed by atoms with E-state index in [4.69, 9.17) is 31.6 Å². The molecule has 0 heterocycles. The molecule has 2 aromatic carbocycles. The predicted molar refractivity (Wildman–Crippen MR) is 106 cm³/mol. The van der Waals surface area contributed by atoms with Crippen LogP contribution >= 0.6 is 12.6 Å². The SMILES string of the molecule is C=CC(C)(C)C(S)c1cc(OC)c2c(OC)ccc(OC)c2c1OC. The molecule has 136 valence electrons. The zero-order valence-corrected chi connectivity index (χ0v) is 16.6. The van der Waals surface area contributed by atoms with E-state index in [9.17, 15) is 0 Å². The number of benzene rings is 2. The summed E-state index contributed by atoms with van der Waals surface area (Å²) < 4.78 is 22.6. The largest absolute Gasteiger partial charge is 0.496 e. The van der Waals surface area contributed by atoms with Crippen molar-refractivity contribution in [3.63, 3.8) is 0 Å². The van der Waals surface area contributed by atoms with Gasteiger partial charge in [-0.1, -0.05) is 19.9 Å². The van der Waals surface area contributed by atoms with Gasteiger partial charge in [0.25, 0.3) is 0 Å². The Hall–Kier alpha value is -2.01. The molecule has 0 N–H and O–H groups in total. The van der Waals surface area contributed by atoms with Gasteiger partial charge in [-0.25, -0.2) is 0 Å². The summed E-state index contributed by atoms with van der Waals surface area (Å²) in [6, 6.07) is 5.67. The van der Waals surface area contributed by atoms with Gasteiger partial charge in [-0.2, -0.15) is 12.6 Å². The Kier molecular flexibility index (Phi) is 5.78. The monoisotopic (exact) mass is 362 g/mol. The molecule has 1 atom stereocenters. The first-order chi connectivity index (χ1) is 11.9. The number of rotatable bonds is 7. The predicted octanol–water partition coefficient (Wildman–Crippen LogP) is 5.06. The quantitative estimate of drug-likeness (QED) is 0.552. The maximum atomic E-state index is 5.79. The van der Waals surface area contributed by atoms with Crippen molar-refractivity contribution in [2.45, 2.75) is 19.1 Å². The van der Waals surface area contributed by atoms with E-state index in [1.807, 2.05) is 24.3 Å². The number of hydrogen-bond acceptors (Lipinski definition) is 5. The third-order valence-corrected chi connectivity index (χ3v) is 5.48. The molecule has 25 heavy (non-hydrogen) atoms. The molecule has 0 aliphatic heterocycles. The van der Waals surface area contributed by atoms with Crippen LogP contribution in [0.2, 0.25) is 0 Å². The summed E-state index contributed by atoms with van der Waals surface area (Å²) in [6.07, 6.45) is 1.89. The Morgan fingerprint density at radius 2 is 1.44 bits per heavy atom. The summed E-state index contributed by atoms with van der Waals surface area (Å²) >= 11 is 4.85. The average molecular weight is 362 g/mol. The zero-order valence-electron chi connectivity index (χ0n) is 15.7. The second-order valence-electron chi connectivity index (χ2n) is 6.35. The Balaban J connectivity index is 2.97. The summed E-state index contributed by atoms with van der Waals surface area (Å²) in [5, 5.41) is 1.47. The van der Waals surface area contributed by atoms with Gasteiger partial charge in [0.1, 0.15) is 23.0 Å². The third kappa shape index (κ3) is 3.25. The lowest BCUT2D eigenvalue weighted by molar-refractivity contribution is 0.383. The van der Waals surface area contributed by atoms with Crippen molar-refractivity contribution in [1.82, 2.24) is 0 Å². The lowest BCUT2D eigenvalue weighted by Crippen LogP contribution is -2.16. The van der Waals surface area contributed by atoms with Crippen LogP contribution in [0.25, 0.3) is 10.8 Å². The van der Waals surface area contributed by atoms with E-state index in [0.717, 1.165) is 16.3 Å². The van der Waals surface area contributed by atoms with Crippen LogP contribution in [0.4, 0.5) is 0 Å². The van der Waals surface area contributed by atoms with E-state index in [-0.39, 0.29) is 10.7 Å². The molecule has 0 radical (unpaired) electrons. The van der Waals surface area contributed by atoms with Gasteiger partial charge in [0.05, 0.1) is 39.2 Å². The number of thiol groups is 1. The van der Waals surface area contributed by atoms with Crippen molar-refractivity contribution in [1.29, 1.82) is 0 Å². The first-order valence-electron chi connectivity index (χ1n) is 7.97. The van der Waals surface area contributed by atoms with E-state index >= 15 is 0 Å². The minimum absolute atomic E-state index is 0.144. The van der Waals surface area contributed by atoms with Gasteiger partial charge in [-0.3, -0.25) is 0 Å². The molecule has 5 heteroatoms. The van der Waals surface area contributed by atoms with Crippen molar-refractivity contribution in [3.05, 3.63) is 36.4 Å². The van der Waals surface area contributed by atoms with Crippen molar-refractivity contribution < 1.29 is 18.9 Å². The van der Waals surface area contributed by atoms with Crippen LogP contribution < -0.4 is 18.9 Å². The fourth-order valence-electron chi connectivity index (χ4n) is 2.89. The summed E-state index contributed by atoms with van der Waals surface area (Å²) in [7, 11) is 6.54. The number of allylic oxidation sites excluding steroid dienone is 1. The molecule has 2 aromatic rings. The molecule has 0 bridgehead atoms. The first kappa shape index (κ1) is 19.3. The van der Waals surface area contributed by atoms with Gasteiger partial charge in [-0.05, 0) is 23.6 Å². The molecule has 0 amide bonds. The molecule has 0 aliphatic carbocycles. The molecule has 1 unspecified atom stereocenters. The van der Waals surface area contributed by atoms with Gasteiger partial charge < -0.3 is 18.9 Å². The molecule has 0 fully saturated rings. The smallest absolute Gasteiger partial charge is 0.135 e. The Bertz CT molecular complexity index is 783. The van der Waals surface area contributed by atoms with Gasteiger partial charge in [0.2, 0.25) is 0 Å². The standard InChI is InChI=1S/C20H26O4S/c1-8-20(2,3)19(25)12-11-15(23-6)16-13(21-4)9-10-14(22-5)17(16)18(12)24-7/h8-11,19,25H,1H2,2-7H3. The fourth-order valence-corrected chi connectivity index (χ4v) is 3.19. The minimum atomic E-state index is -0.249. The second-order valence-corrected chi connectivity index (χ2v) is 6.87. The molecule has 0 aliphatic rings. The van der Waals surface area contributed by atoms with Crippen LogP contribution in [0.3, 0.4) is 0 Å².